The maximum absolute atomic E-state index is 13.9. The Labute approximate surface area is 147 Å². The van der Waals surface area contributed by atoms with Gasteiger partial charge in [-0.2, -0.15) is 0 Å². The standard InChI is InChI=1S/C17H14ClF2N3S/c1-10(14-9-13(19)7-8-15(14)20)24-17-22-21-16(23(17)2)11-3-5-12(18)6-4-11/h3-10H,1-2H3. The van der Waals surface area contributed by atoms with Gasteiger partial charge in [-0.15, -0.1) is 10.2 Å². The maximum atomic E-state index is 13.9. The van der Waals surface area contributed by atoms with Crippen molar-refractivity contribution in [2.75, 3.05) is 0 Å². The molecule has 24 heavy (non-hydrogen) atoms. The SMILES string of the molecule is CC(Sc1nnc(-c2ccc(Cl)cc2)n1C)c1cc(F)ccc1F. The molecule has 0 amide bonds. The zero-order chi connectivity index (χ0) is 17.3. The van der Waals surface area contributed by atoms with Crippen molar-refractivity contribution in [2.45, 2.75) is 17.3 Å². The zero-order valence-corrected chi connectivity index (χ0v) is 14.6. The van der Waals surface area contributed by atoms with E-state index in [-0.39, 0.29) is 5.25 Å². The molecule has 0 spiro atoms. The first kappa shape index (κ1) is 16.9. The molecule has 0 fully saturated rings. The highest BCUT2D eigenvalue weighted by molar-refractivity contribution is 7.99. The molecule has 1 heterocycles. The summed E-state index contributed by atoms with van der Waals surface area (Å²) >= 11 is 7.22. The van der Waals surface area contributed by atoms with E-state index in [9.17, 15) is 8.78 Å². The van der Waals surface area contributed by atoms with Crippen LogP contribution in [0.2, 0.25) is 5.02 Å². The second kappa shape index (κ2) is 6.91. The third kappa shape index (κ3) is 3.44. The highest BCUT2D eigenvalue weighted by Gasteiger charge is 2.18. The normalized spacial score (nSPS) is 12.4. The van der Waals surface area contributed by atoms with E-state index in [1.54, 1.807) is 19.1 Å². The Hall–Kier alpha value is -1.92. The topological polar surface area (TPSA) is 30.7 Å². The average Bonchev–Trinajstić information content (AvgIpc) is 2.91. The van der Waals surface area contributed by atoms with E-state index in [2.05, 4.69) is 10.2 Å². The Morgan fingerprint density at radius 3 is 2.50 bits per heavy atom. The summed E-state index contributed by atoms with van der Waals surface area (Å²) in [6.07, 6.45) is 0. The average molecular weight is 366 g/mol. The fraction of sp³-hybridized carbons (Fsp3) is 0.176. The van der Waals surface area contributed by atoms with Gasteiger partial charge in [-0.1, -0.05) is 23.4 Å². The van der Waals surface area contributed by atoms with Gasteiger partial charge in [-0.3, -0.25) is 0 Å². The molecule has 0 N–H and O–H groups in total. The number of halogens is 3. The minimum Gasteiger partial charge on any atom is -0.305 e. The maximum Gasteiger partial charge on any atom is 0.191 e. The van der Waals surface area contributed by atoms with Crippen molar-refractivity contribution in [1.29, 1.82) is 0 Å². The lowest BCUT2D eigenvalue weighted by atomic mass is 10.1. The molecular formula is C17H14ClF2N3S. The van der Waals surface area contributed by atoms with Gasteiger partial charge in [0.05, 0.1) is 0 Å². The summed E-state index contributed by atoms with van der Waals surface area (Å²) in [6, 6.07) is 10.7. The molecule has 1 unspecified atom stereocenters. The lowest BCUT2D eigenvalue weighted by Gasteiger charge is -2.12. The van der Waals surface area contributed by atoms with Crippen molar-refractivity contribution in [3.63, 3.8) is 0 Å². The van der Waals surface area contributed by atoms with Gasteiger partial charge >= 0.3 is 0 Å². The van der Waals surface area contributed by atoms with Crippen molar-refractivity contribution >= 4 is 23.4 Å². The van der Waals surface area contributed by atoms with E-state index in [0.717, 1.165) is 17.7 Å². The van der Waals surface area contributed by atoms with Gasteiger partial charge in [-0.25, -0.2) is 8.78 Å². The molecule has 0 bridgehead atoms. The molecule has 3 rings (SSSR count). The van der Waals surface area contributed by atoms with Crippen molar-refractivity contribution in [2.24, 2.45) is 7.05 Å². The summed E-state index contributed by atoms with van der Waals surface area (Å²) in [5.74, 6) is -0.212. The largest absolute Gasteiger partial charge is 0.305 e. The molecule has 0 radical (unpaired) electrons. The van der Waals surface area contributed by atoms with Crippen LogP contribution in [0.3, 0.4) is 0 Å². The van der Waals surface area contributed by atoms with Crippen LogP contribution in [0.15, 0.2) is 47.6 Å². The third-order valence-corrected chi connectivity index (χ3v) is 5.04. The number of aromatic nitrogens is 3. The summed E-state index contributed by atoms with van der Waals surface area (Å²) in [6.45, 7) is 1.80. The van der Waals surface area contributed by atoms with Gasteiger partial charge < -0.3 is 4.57 Å². The lowest BCUT2D eigenvalue weighted by molar-refractivity contribution is 0.586. The Bertz CT molecular complexity index is 865. The summed E-state index contributed by atoms with van der Waals surface area (Å²) in [5, 5.41) is 9.30. The molecular weight excluding hydrogens is 352 g/mol. The minimum absolute atomic E-state index is 0.302. The first-order chi connectivity index (χ1) is 11.5. The van der Waals surface area contributed by atoms with Crippen LogP contribution in [-0.4, -0.2) is 14.8 Å². The molecule has 124 valence electrons. The van der Waals surface area contributed by atoms with Crippen LogP contribution in [0.1, 0.15) is 17.7 Å². The van der Waals surface area contributed by atoms with Crippen LogP contribution < -0.4 is 0 Å². The van der Waals surface area contributed by atoms with Crippen molar-refractivity contribution in [3.8, 4) is 11.4 Å². The summed E-state index contributed by atoms with van der Waals surface area (Å²) < 4.78 is 29.1. The number of hydrogen-bond donors (Lipinski definition) is 0. The van der Waals surface area contributed by atoms with E-state index in [1.807, 2.05) is 23.7 Å². The predicted molar refractivity (Wildman–Crippen MR) is 92.1 cm³/mol. The summed E-state index contributed by atoms with van der Waals surface area (Å²) in [5.41, 5.74) is 1.18. The van der Waals surface area contributed by atoms with Crippen LogP contribution in [0.4, 0.5) is 8.78 Å². The van der Waals surface area contributed by atoms with Crippen molar-refractivity contribution < 1.29 is 8.78 Å². The van der Waals surface area contributed by atoms with E-state index in [0.29, 0.717) is 21.6 Å². The van der Waals surface area contributed by atoms with E-state index in [1.165, 1.54) is 17.8 Å². The molecule has 3 aromatic rings. The van der Waals surface area contributed by atoms with Crippen LogP contribution in [-0.2, 0) is 7.05 Å². The smallest absolute Gasteiger partial charge is 0.191 e. The minimum atomic E-state index is -0.460. The molecule has 0 aliphatic rings. The van der Waals surface area contributed by atoms with E-state index >= 15 is 0 Å². The Kier molecular flexibility index (Phi) is 4.87. The van der Waals surface area contributed by atoms with Crippen LogP contribution in [0, 0.1) is 11.6 Å². The molecule has 2 aromatic carbocycles. The van der Waals surface area contributed by atoms with E-state index < -0.39 is 11.6 Å². The third-order valence-electron chi connectivity index (χ3n) is 3.62. The number of benzene rings is 2. The first-order valence-corrected chi connectivity index (χ1v) is 8.48. The highest BCUT2D eigenvalue weighted by atomic mass is 35.5. The molecule has 0 saturated heterocycles. The monoisotopic (exact) mass is 365 g/mol. The molecule has 0 saturated carbocycles. The lowest BCUT2D eigenvalue weighted by Crippen LogP contribution is -1.99. The molecule has 3 nitrogen and oxygen atoms in total. The fourth-order valence-corrected chi connectivity index (χ4v) is 3.40. The molecule has 1 aromatic heterocycles. The van der Waals surface area contributed by atoms with Gasteiger partial charge in [0.1, 0.15) is 11.6 Å². The second-order valence-electron chi connectivity index (χ2n) is 5.30. The summed E-state index contributed by atoms with van der Waals surface area (Å²) in [4.78, 5) is 0. The molecule has 0 aliphatic carbocycles. The summed E-state index contributed by atoms with van der Waals surface area (Å²) in [7, 11) is 1.83. The molecule has 0 aliphatic heterocycles. The number of hydrogen-bond acceptors (Lipinski definition) is 3. The van der Waals surface area contributed by atoms with Gasteiger partial charge in [0.25, 0.3) is 0 Å². The number of nitrogens with zero attached hydrogens (tertiary/aromatic N) is 3. The van der Waals surface area contributed by atoms with Gasteiger partial charge in [0.2, 0.25) is 0 Å². The quantitative estimate of drug-likeness (QED) is 0.590. The fourth-order valence-electron chi connectivity index (χ4n) is 2.32. The van der Waals surface area contributed by atoms with Crippen LogP contribution in [0.25, 0.3) is 11.4 Å². The van der Waals surface area contributed by atoms with Crippen molar-refractivity contribution in [3.05, 3.63) is 64.7 Å². The van der Waals surface area contributed by atoms with Gasteiger partial charge in [0.15, 0.2) is 11.0 Å². The first-order valence-electron chi connectivity index (χ1n) is 7.22. The zero-order valence-electron chi connectivity index (χ0n) is 13.0. The van der Waals surface area contributed by atoms with E-state index in [4.69, 9.17) is 11.6 Å². The van der Waals surface area contributed by atoms with Gasteiger partial charge in [0, 0.05) is 28.4 Å². The van der Waals surface area contributed by atoms with Crippen molar-refractivity contribution in [1.82, 2.24) is 14.8 Å². The Morgan fingerprint density at radius 2 is 1.79 bits per heavy atom. The predicted octanol–water partition coefficient (Wildman–Crippen LogP) is 5.27. The second-order valence-corrected chi connectivity index (χ2v) is 7.04. The number of rotatable bonds is 4. The highest BCUT2D eigenvalue weighted by Crippen LogP contribution is 2.36. The number of thioether (sulfide) groups is 1. The molecule has 7 heteroatoms. The Balaban J connectivity index is 1.86. The molecule has 1 atom stereocenters. The van der Waals surface area contributed by atoms with Crippen LogP contribution >= 0.6 is 23.4 Å². The van der Waals surface area contributed by atoms with Gasteiger partial charge in [-0.05, 0) is 49.4 Å². The Morgan fingerprint density at radius 1 is 1.08 bits per heavy atom. The van der Waals surface area contributed by atoms with Crippen LogP contribution in [0.5, 0.6) is 0 Å².